The van der Waals surface area contributed by atoms with E-state index >= 15 is 0 Å². The summed E-state index contributed by atoms with van der Waals surface area (Å²) in [5, 5.41) is 0. The predicted octanol–water partition coefficient (Wildman–Crippen LogP) is 2.63. The number of halogens is 3. The van der Waals surface area contributed by atoms with E-state index in [0.29, 0.717) is 5.56 Å². The topological polar surface area (TPSA) is 0 Å². The molecular formula is C8H7F3. The van der Waals surface area contributed by atoms with Gasteiger partial charge < -0.3 is 0 Å². The average Bonchev–Trinajstić information content (AvgIpc) is 1.85. The highest BCUT2D eigenvalue weighted by molar-refractivity contribution is 5.16. The van der Waals surface area contributed by atoms with Crippen molar-refractivity contribution >= 4 is 0 Å². The van der Waals surface area contributed by atoms with Crippen LogP contribution in [-0.2, 0) is 6.42 Å². The van der Waals surface area contributed by atoms with Gasteiger partial charge in [0.1, 0.15) is 5.82 Å². The zero-order valence-corrected chi connectivity index (χ0v) is 5.73. The quantitative estimate of drug-likeness (QED) is 0.623. The van der Waals surface area contributed by atoms with Gasteiger partial charge in [0.15, 0.2) is 0 Å². The van der Waals surface area contributed by atoms with Gasteiger partial charge in [-0.25, -0.2) is 13.2 Å². The molecular weight excluding hydrogens is 153 g/mol. The molecule has 0 aliphatic rings. The van der Waals surface area contributed by atoms with Gasteiger partial charge in [0.25, 0.3) is 0 Å². The van der Waals surface area contributed by atoms with Gasteiger partial charge in [-0.1, -0.05) is 12.1 Å². The lowest BCUT2D eigenvalue weighted by Crippen LogP contribution is -1.96. The van der Waals surface area contributed by atoms with Gasteiger partial charge in [0.2, 0.25) is 6.43 Å². The second kappa shape index (κ2) is 3.42. The first-order valence-corrected chi connectivity index (χ1v) is 3.21. The first-order chi connectivity index (χ1) is 5.18. The summed E-state index contributed by atoms with van der Waals surface area (Å²) in [5.74, 6) is -0.469. The zero-order valence-electron chi connectivity index (χ0n) is 5.73. The third-order valence-electron chi connectivity index (χ3n) is 1.28. The van der Waals surface area contributed by atoms with E-state index < -0.39 is 12.2 Å². The molecule has 0 radical (unpaired) electrons. The molecule has 3 heteroatoms. The van der Waals surface area contributed by atoms with Crippen molar-refractivity contribution in [3.8, 4) is 0 Å². The van der Waals surface area contributed by atoms with Crippen LogP contribution in [0.5, 0.6) is 0 Å². The van der Waals surface area contributed by atoms with E-state index in [9.17, 15) is 13.2 Å². The summed E-state index contributed by atoms with van der Waals surface area (Å²) in [7, 11) is 0. The Kier molecular flexibility index (Phi) is 2.52. The van der Waals surface area contributed by atoms with Crippen molar-refractivity contribution in [2.45, 2.75) is 12.8 Å². The molecule has 0 aliphatic heterocycles. The van der Waals surface area contributed by atoms with Crippen LogP contribution in [-0.4, -0.2) is 6.43 Å². The SMILES string of the molecule is Fc1cccc(CC(F)F)c1. The van der Waals surface area contributed by atoms with Crippen LogP contribution >= 0.6 is 0 Å². The van der Waals surface area contributed by atoms with E-state index in [0.717, 1.165) is 6.07 Å². The molecule has 0 amide bonds. The van der Waals surface area contributed by atoms with Crippen LogP contribution in [0, 0.1) is 5.82 Å². The molecule has 0 aliphatic carbocycles. The largest absolute Gasteiger partial charge is 0.242 e. The number of rotatable bonds is 2. The lowest BCUT2D eigenvalue weighted by molar-refractivity contribution is 0.149. The van der Waals surface area contributed by atoms with Crippen molar-refractivity contribution in [2.24, 2.45) is 0 Å². The van der Waals surface area contributed by atoms with Crippen molar-refractivity contribution < 1.29 is 13.2 Å². The van der Waals surface area contributed by atoms with Gasteiger partial charge in [0.05, 0.1) is 0 Å². The maximum Gasteiger partial charge on any atom is 0.242 e. The second-order valence-corrected chi connectivity index (χ2v) is 2.23. The minimum atomic E-state index is -2.41. The fourth-order valence-corrected chi connectivity index (χ4v) is 0.842. The Hall–Kier alpha value is -0.990. The van der Waals surface area contributed by atoms with E-state index in [1.165, 1.54) is 18.2 Å². The van der Waals surface area contributed by atoms with Crippen LogP contribution in [0.1, 0.15) is 5.56 Å². The summed E-state index contributed by atoms with van der Waals surface area (Å²) >= 11 is 0. The van der Waals surface area contributed by atoms with Crippen LogP contribution in [0.2, 0.25) is 0 Å². The molecule has 11 heavy (non-hydrogen) atoms. The smallest absolute Gasteiger partial charge is 0.210 e. The minimum absolute atomic E-state index is 0.333. The molecule has 1 aromatic rings. The van der Waals surface area contributed by atoms with E-state index in [1.54, 1.807) is 0 Å². The van der Waals surface area contributed by atoms with E-state index in [4.69, 9.17) is 0 Å². The Bertz CT molecular complexity index is 233. The molecule has 0 atom stereocenters. The monoisotopic (exact) mass is 160 g/mol. The Morgan fingerprint density at radius 3 is 2.55 bits per heavy atom. The van der Waals surface area contributed by atoms with Gasteiger partial charge in [-0.15, -0.1) is 0 Å². The van der Waals surface area contributed by atoms with Crippen molar-refractivity contribution in [2.75, 3.05) is 0 Å². The summed E-state index contributed by atoms with van der Waals surface area (Å²) < 4.78 is 35.8. The maximum absolute atomic E-state index is 12.4. The Morgan fingerprint density at radius 2 is 2.00 bits per heavy atom. The molecule has 1 rings (SSSR count). The van der Waals surface area contributed by atoms with Crippen LogP contribution in [0.25, 0.3) is 0 Å². The third-order valence-corrected chi connectivity index (χ3v) is 1.28. The molecule has 0 spiro atoms. The summed E-state index contributed by atoms with van der Waals surface area (Å²) in [4.78, 5) is 0. The third kappa shape index (κ3) is 2.62. The second-order valence-electron chi connectivity index (χ2n) is 2.23. The molecule has 0 N–H and O–H groups in total. The molecule has 0 saturated heterocycles. The zero-order chi connectivity index (χ0) is 8.27. The number of hydrogen-bond donors (Lipinski definition) is 0. The molecule has 0 unspecified atom stereocenters. The molecule has 0 heterocycles. The van der Waals surface area contributed by atoms with E-state index in [2.05, 4.69) is 0 Å². The van der Waals surface area contributed by atoms with E-state index in [1.807, 2.05) is 0 Å². The van der Waals surface area contributed by atoms with Crippen molar-refractivity contribution in [3.05, 3.63) is 35.6 Å². The maximum atomic E-state index is 12.4. The number of hydrogen-bond acceptors (Lipinski definition) is 0. The summed E-state index contributed by atoms with van der Waals surface area (Å²) in [6.07, 6.45) is -2.78. The standard InChI is InChI=1S/C8H7F3/c9-7-3-1-2-6(4-7)5-8(10)11/h1-4,8H,5H2. The highest BCUT2D eigenvalue weighted by atomic mass is 19.3. The predicted molar refractivity (Wildman–Crippen MR) is 36.1 cm³/mol. The van der Waals surface area contributed by atoms with Crippen LogP contribution in [0.4, 0.5) is 13.2 Å². The highest BCUT2D eigenvalue weighted by Gasteiger charge is 2.03. The van der Waals surface area contributed by atoms with Gasteiger partial charge in [-0.05, 0) is 17.7 Å². The van der Waals surface area contributed by atoms with Crippen LogP contribution in [0.15, 0.2) is 24.3 Å². The van der Waals surface area contributed by atoms with Crippen molar-refractivity contribution in [1.82, 2.24) is 0 Å². The van der Waals surface area contributed by atoms with Gasteiger partial charge >= 0.3 is 0 Å². The van der Waals surface area contributed by atoms with Crippen LogP contribution < -0.4 is 0 Å². The Morgan fingerprint density at radius 1 is 1.27 bits per heavy atom. The molecule has 60 valence electrons. The molecule has 0 aromatic heterocycles. The molecule has 1 aromatic carbocycles. The highest BCUT2D eigenvalue weighted by Crippen LogP contribution is 2.08. The number of benzene rings is 1. The summed E-state index contributed by atoms with van der Waals surface area (Å²) in [6, 6.07) is 5.25. The van der Waals surface area contributed by atoms with Crippen molar-refractivity contribution in [3.63, 3.8) is 0 Å². The Labute approximate surface area is 62.7 Å². The average molecular weight is 160 g/mol. The minimum Gasteiger partial charge on any atom is -0.210 e. The fourth-order valence-electron chi connectivity index (χ4n) is 0.842. The van der Waals surface area contributed by atoms with Gasteiger partial charge in [-0.2, -0.15) is 0 Å². The fraction of sp³-hybridized carbons (Fsp3) is 0.250. The first-order valence-electron chi connectivity index (χ1n) is 3.21. The van der Waals surface area contributed by atoms with Gasteiger partial charge in [-0.3, -0.25) is 0 Å². The first kappa shape index (κ1) is 8.11. The number of alkyl halides is 2. The van der Waals surface area contributed by atoms with Crippen molar-refractivity contribution in [1.29, 1.82) is 0 Å². The van der Waals surface area contributed by atoms with Gasteiger partial charge in [0, 0.05) is 6.42 Å². The summed E-state index contributed by atoms with van der Waals surface area (Å²) in [6.45, 7) is 0. The molecule has 0 fully saturated rings. The normalized spacial score (nSPS) is 10.5. The lowest BCUT2D eigenvalue weighted by atomic mass is 10.1. The lowest BCUT2D eigenvalue weighted by Gasteiger charge is -1.98. The molecule has 0 bridgehead atoms. The Balaban J connectivity index is 2.71. The summed E-state index contributed by atoms with van der Waals surface area (Å²) in [5.41, 5.74) is 0.333. The van der Waals surface area contributed by atoms with E-state index in [-0.39, 0.29) is 6.42 Å². The van der Waals surface area contributed by atoms with Crippen LogP contribution in [0.3, 0.4) is 0 Å². The molecule has 0 saturated carbocycles. The molecule has 0 nitrogen and oxygen atoms in total.